The minimum atomic E-state index is -0.622. The number of hydrogen-bond acceptors (Lipinski definition) is 4. The van der Waals surface area contributed by atoms with Gasteiger partial charge < -0.3 is 10.2 Å². The first kappa shape index (κ1) is 18.2. The Kier molecular flexibility index (Phi) is 6.10. The third-order valence-electron chi connectivity index (χ3n) is 4.39. The van der Waals surface area contributed by atoms with Crippen molar-refractivity contribution in [2.24, 2.45) is 0 Å². The topological polar surface area (TPSA) is 74.6 Å². The number of aryl methyl sites for hydroxylation is 1. The summed E-state index contributed by atoms with van der Waals surface area (Å²) in [6.07, 6.45) is 1.11. The number of aromatic hydroxyl groups is 2. The van der Waals surface area contributed by atoms with Gasteiger partial charge in [0.1, 0.15) is 22.9 Å². The molecule has 0 aliphatic heterocycles. The molecule has 1 unspecified atom stereocenters. The number of phenolic OH excluding ortho intramolecular Hbond substituents is 2. The molecule has 0 bridgehead atoms. The lowest BCUT2D eigenvalue weighted by Gasteiger charge is -2.12. The number of carbonyl (C=O) groups excluding carboxylic acids is 1. The molecule has 0 heterocycles. The van der Waals surface area contributed by atoms with Crippen molar-refractivity contribution >= 4 is 14.2 Å². The second-order valence-electron chi connectivity index (χ2n) is 5.91. The molecule has 24 heavy (non-hydrogen) atoms. The zero-order chi connectivity index (χ0) is 17.7. The first-order chi connectivity index (χ1) is 11.4. The molecular formula is C19H21O4P. The van der Waals surface area contributed by atoms with Crippen LogP contribution in [0.25, 0.3) is 0 Å². The average molecular weight is 344 g/mol. The summed E-state index contributed by atoms with van der Waals surface area (Å²) in [6, 6.07) is 10.4. The van der Waals surface area contributed by atoms with E-state index in [4.69, 9.17) is 0 Å². The molecule has 0 aliphatic rings. The average Bonchev–Trinajstić information content (AvgIpc) is 2.57. The van der Waals surface area contributed by atoms with Crippen molar-refractivity contribution in [2.75, 3.05) is 0 Å². The molecule has 0 saturated heterocycles. The van der Waals surface area contributed by atoms with Crippen LogP contribution in [-0.4, -0.2) is 21.7 Å². The molecule has 0 saturated carbocycles. The summed E-state index contributed by atoms with van der Waals surface area (Å²) in [5.74, 6) is 0.308. The van der Waals surface area contributed by atoms with Crippen LogP contribution in [-0.2, 0) is 22.2 Å². The minimum Gasteiger partial charge on any atom is -0.508 e. The Hall–Kier alpha value is -2.19. The third-order valence-corrected chi connectivity index (χ3v) is 5.11. The molecule has 0 radical (unpaired) electrons. The van der Waals surface area contributed by atoms with Gasteiger partial charge in [-0.2, -0.15) is 0 Å². The first-order valence-electron chi connectivity index (χ1n) is 7.84. The number of carbonyl (C=O) groups is 1. The fraction of sp³-hybridized carbons (Fsp3) is 0.316. The van der Waals surface area contributed by atoms with Gasteiger partial charge in [0.2, 0.25) is 0 Å². The predicted molar refractivity (Wildman–Crippen MR) is 94.1 cm³/mol. The number of phenols is 2. The van der Waals surface area contributed by atoms with Gasteiger partial charge in [0.15, 0.2) is 8.46 Å². The van der Waals surface area contributed by atoms with Crippen molar-refractivity contribution in [1.82, 2.24) is 0 Å². The third kappa shape index (κ3) is 4.21. The van der Waals surface area contributed by atoms with Gasteiger partial charge >= 0.3 is 0 Å². The lowest BCUT2D eigenvalue weighted by atomic mass is 9.97. The molecule has 2 aromatic carbocycles. The Morgan fingerprint density at radius 1 is 1.00 bits per heavy atom. The molecule has 0 aromatic heterocycles. The largest absolute Gasteiger partial charge is 0.508 e. The molecule has 1 atom stereocenters. The summed E-state index contributed by atoms with van der Waals surface area (Å²) in [5, 5.41) is 19.5. The van der Waals surface area contributed by atoms with Gasteiger partial charge in [-0.1, -0.05) is 24.3 Å². The van der Waals surface area contributed by atoms with Crippen LogP contribution in [0.2, 0.25) is 0 Å². The monoisotopic (exact) mass is 344 g/mol. The Morgan fingerprint density at radius 2 is 1.54 bits per heavy atom. The van der Waals surface area contributed by atoms with Crippen LogP contribution >= 0.6 is 8.46 Å². The van der Waals surface area contributed by atoms with E-state index >= 15 is 0 Å². The molecule has 0 fully saturated rings. The highest BCUT2D eigenvalue weighted by molar-refractivity contribution is 7.26. The molecule has 0 spiro atoms. The van der Waals surface area contributed by atoms with Crippen molar-refractivity contribution in [1.29, 1.82) is 0 Å². The maximum Gasteiger partial charge on any atom is 0.166 e. The molecule has 2 aromatic rings. The summed E-state index contributed by atoms with van der Waals surface area (Å²) >= 11 is 0. The fourth-order valence-electron chi connectivity index (χ4n) is 2.67. The standard InChI is InChI=1S/C19H21O4P/c1-12-14(5-3-7-16(12)20)9-10-18(22)19(24-23)11-15-6-4-8-17(21)13(15)2/h3-8,19-21H,9-11H2,1-2H3. The lowest BCUT2D eigenvalue weighted by molar-refractivity contribution is -0.118. The summed E-state index contributed by atoms with van der Waals surface area (Å²) in [7, 11) is -0.210. The van der Waals surface area contributed by atoms with Gasteiger partial charge in [-0.25, -0.2) is 0 Å². The number of rotatable bonds is 7. The first-order valence-corrected chi connectivity index (χ1v) is 8.72. The van der Waals surface area contributed by atoms with E-state index in [2.05, 4.69) is 0 Å². The SMILES string of the molecule is Cc1c(O)cccc1CCC(=O)C(Cc1cccc(O)c1C)P=O. The second kappa shape index (κ2) is 8.07. The van der Waals surface area contributed by atoms with Gasteiger partial charge in [0.25, 0.3) is 0 Å². The van der Waals surface area contributed by atoms with E-state index in [1.165, 1.54) is 0 Å². The molecule has 126 valence electrons. The Balaban J connectivity index is 2.05. The Labute approximate surface area is 143 Å². The fourth-order valence-corrected chi connectivity index (χ4v) is 3.19. The van der Waals surface area contributed by atoms with Gasteiger partial charge in [0, 0.05) is 6.42 Å². The van der Waals surface area contributed by atoms with Gasteiger partial charge in [-0.15, -0.1) is 0 Å². The van der Waals surface area contributed by atoms with E-state index in [1.54, 1.807) is 31.2 Å². The minimum absolute atomic E-state index is 0.0860. The maximum atomic E-state index is 12.4. The van der Waals surface area contributed by atoms with Crippen LogP contribution in [0.15, 0.2) is 36.4 Å². The van der Waals surface area contributed by atoms with Crippen molar-refractivity contribution in [3.05, 3.63) is 58.7 Å². The number of Topliss-reactive ketones (excluding diaryl/α,β-unsaturated/α-hetero) is 1. The second-order valence-corrected chi connectivity index (χ2v) is 6.75. The van der Waals surface area contributed by atoms with E-state index in [0.717, 1.165) is 16.7 Å². The van der Waals surface area contributed by atoms with Crippen LogP contribution in [0.1, 0.15) is 28.7 Å². The van der Waals surface area contributed by atoms with Crippen LogP contribution in [0, 0.1) is 13.8 Å². The molecular weight excluding hydrogens is 323 g/mol. The van der Waals surface area contributed by atoms with Crippen LogP contribution in [0.4, 0.5) is 0 Å². The summed E-state index contributed by atoms with van der Waals surface area (Å²) < 4.78 is 11.5. The van der Waals surface area contributed by atoms with E-state index in [9.17, 15) is 19.6 Å². The van der Waals surface area contributed by atoms with Crippen molar-refractivity contribution in [3.8, 4) is 11.5 Å². The number of ketones is 1. The normalized spacial score (nSPS) is 12.2. The highest BCUT2D eigenvalue weighted by Gasteiger charge is 2.21. The smallest absolute Gasteiger partial charge is 0.166 e. The van der Waals surface area contributed by atoms with Crippen LogP contribution in [0.5, 0.6) is 11.5 Å². The van der Waals surface area contributed by atoms with Crippen molar-refractivity contribution in [3.63, 3.8) is 0 Å². The quantitative estimate of drug-likeness (QED) is 0.741. The molecule has 0 amide bonds. The molecule has 0 aliphatic carbocycles. The Morgan fingerprint density at radius 3 is 2.12 bits per heavy atom. The molecule has 5 heteroatoms. The van der Waals surface area contributed by atoms with Gasteiger partial charge in [-0.3, -0.25) is 9.36 Å². The zero-order valence-electron chi connectivity index (χ0n) is 13.8. The van der Waals surface area contributed by atoms with Crippen molar-refractivity contribution in [2.45, 2.75) is 38.8 Å². The number of hydrogen-bond donors (Lipinski definition) is 2. The maximum absolute atomic E-state index is 12.4. The molecule has 2 rings (SSSR count). The van der Waals surface area contributed by atoms with Crippen LogP contribution < -0.4 is 0 Å². The molecule has 2 N–H and O–H groups in total. The highest BCUT2D eigenvalue weighted by atomic mass is 31.1. The van der Waals surface area contributed by atoms with Gasteiger partial charge in [0.05, 0.1) is 0 Å². The zero-order valence-corrected chi connectivity index (χ0v) is 14.7. The summed E-state index contributed by atoms with van der Waals surface area (Å²) in [6.45, 7) is 3.60. The Bertz CT molecular complexity index is 755. The molecule has 4 nitrogen and oxygen atoms in total. The van der Waals surface area contributed by atoms with Gasteiger partial charge in [-0.05, 0) is 61.1 Å². The van der Waals surface area contributed by atoms with E-state index in [-0.39, 0.29) is 32.2 Å². The van der Waals surface area contributed by atoms with E-state index in [1.807, 2.05) is 19.1 Å². The van der Waals surface area contributed by atoms with E-state index in [0.29, 0.717) is 18.4 Å². The lowest BCUT2D eigenvalue weighted by Crippen LogP contribution is -2.18. The number of benzene rings is 2. The highest BCUT2D eigenvalue weighted by Crippen LogP contribution is 2.25. The summed E-state index contributed by atoms with van der Waals surface area (Å²) in [5.41, 5.74) is 2.60. The summed E-state index contributed by atoms with van der Waals surface area (Å²) in [4.78, 5) is 12.4. The van der Waals surface area contributed by atoms with Crippen molar-refractivity contribution < 1.29 is 19.6 Å². The van der Waals surface area contributed by atoms with Crippen LogP contribution in [0.3, 0.4) is 0 Å². The predicted octanol–water partition coefficient (Wildman–Crippen LogP) is 4.12. The van der Waals surface area contributed by atoms with E-state index < -0.39 is 5.66 Å².